The molecule has 2 aromatic carbocycles. The summed E-state index contributed by atoms with van der Waals surface area (Å²) in [5.74, 6) is -0.333. The van der Waals surface area contributed by atoms with Crippen molar-refractivity contribution in [1.82, 2.24) is 4.31 Å². The number of sulfonamides is 1. The van der Waals surface area contributed by atoms with Gasteiger partial charge in [0.2, 0.25) is 15.9 Å². The standard InChI is InChI=1S/C20H25N3O4S/c1-4-23(5-2)28(26,27)19-11-9-17(10-12-19)22-20(25)14-21-18-8-6-7-16(13-18)15(3)24/h6-13,21H,4-5,14H2,1-3H3,(H,22,25). The Kier molecular flexibility index (Phi) is 7.31. The maximum absolute atomic E-state index is 12.5. The Morgan fingerprint density at radius 2 is 1.61 bits per heavy atom. The second kappa shape index (κ2) is 9.48. The van der Waals surface area contributed by atoms with Crippen LogP contribution in [0.3, 0.4) is 0 Å². The van der Waals surface area contributed by atoms with Gasteiger partial charge in [-0.3, -0.25) is 9.59 Å². The molecule has 2 aromatic rings. The highest BCUT2D eigenvalue weighted by molar-refractivity contribution is 7.89. The Balaban J connectivity index is 1.98. The van der Waals surface area contributed by atoms with Gasteiger partial charge in [-0.15, -0.1) is 0 Å². The minimum atomic E-state index is -3.52. The molecule has 0 aliphatic heterocycles. The highest BCUT2D eigenvalue weighted by atomic mass is 32.2. The number of nitrogens with zero attached hydrogens (tertiary/aromatic N) is 1. The van der Waals surface area contributed by atoms with Crippen LogP contribution in [0.15, 0.2) is 53.4 Å². The SMILES string of the molecule is CCN(CC)S(=O)(=O)c1ccc(NC(=O)CNc2cccc(C(C)=O)c2)cc1. The Bertz CT molecular complexity index is 936. The number of ketones is 1. The van der Waals surface area contributed by atoms with Crippen LogP contribution in [0.25, 0.3) is 0 Å². The number of benzene rings is 2. The van der Waals surface area contributed by atoms with Crippen molar-refractivity contribution in [2.75, 3.05) is 30.3 Å². The Morgan fingerprint density at radius 3 is 2.18 bits per heavy atom. The predicted molar refractivity (Wildman–Crippen MR) is 110 cm³/mol. The summed E-state index contributed by atoms with van der Waals surface area (Å²) in [5, 5.41) is 5.67. The first-order valence-electron chi connectivity index (χ1n) is 9.02. The number of carbonyl (C=O) groups is 2. The van der Waals surface area contributed by atoms with Crippen LogP contribution in [0.2, 0.25) is 0 Å². The van der Waals surface area contributed by atoms with Gasteiger partial charge in [0.05, 0.1) is 11.4 Å². The Hall–Kier alpha value is -2.71. The highest BCUT2D eigenvalue weighted by Crippen LogP contribution is 2.18. The van der Waals surface area contributed by atoms with Crippen molar-refractivity contribution in [3.05, 3.63) is 54.1 Å². The first-order valence-corrected chi connectivity index (χ1v) is 10.5. The second-order valence-corrected chi connectivity index (χ2v) is 8.09. The molecule has 0 fully saturated rings. The fraction of sp³-hybridized carbons (Fsp3) is 0.300. The van der Waals surface area contributed by atoms with Gasteiger partial charge >= 0.3 is 0 Å². The first-order chi connectivity index (χ1) is 13.3. The number of hydrogen-bond acceptors (Lipinski definition) is 5. The molecule has 0 aliphatic rings. The number of Topliss-reactive ketones (excluding diaryl/α,β-unsaturated/α-hetero) is 1. The topological polar surface area (TPSA) is 95.6 Å². The van der Waals surface area contributed by atoms with E-state index in [9.17, 15) is 18.0 Å². The van der Waals surface area contributed by atoms with Gasteiger partial charge in [-0.25, -0.2) is 8.42 Å². The molecule has 0 bridgehead atoms. The smallest absolute Gasteiger partial charge is 0.243 e. The maximum atomic E-state index is 12.5. The summed E-state index contributed by atoms with van der Waals surface area (Å²) in [7, 11) is -3.52. The molecule has 8 heteroatoms. The van der Waals surface area contributed by atoms with Crippen LogP contribution in [-0.2, 0) is 14.8 Å². The van der Waals surface area contributed by atoms with Crippen molar-refractivity contribution in [3.63, 3.8) is 0 Å². The zero-order valence-corrected chi connectivity index (χ0v) is 17.0. The molecular formula is C20H25N3O4S. The van der Waals surface area contributed by atoms with Crippen LogP contribution in [-0.4, -0.2) is 44.0 Å². The Labute approximate surface area is 165 Å². The fourth-order valence-electron chi connectivity index (χ4n) is 2.66. The molecule has 2 N–H and O–H groups in total. The minimum absolute atomic E-state index is 0.0147. The molecule has 0 spiro atoms. The van der Waals surface area contributed by atoms with Gasteiger partial charge in [-0.2, -0.15) is 4.31 Å². The van der Waals surface area contributed by atoms with Crippen LogP contribution >= 0.6 is 0 Å². The zero-order valence-electron chi connectivity index (χ0n) is 16.2. The van der Waals surface area contributed by atoms with Crippen molar-refractivity contribution in [2.24, 2.45) is 0 Å². The predicted octanol–water partition coefficient (Wildman–Crippen LogP) is 2.97. The van der Waals surface area contributed by atoms with Gasteiger partial charge in [0.15, 0.2) is 5.78 Å². The lowest BCUT2D eigenvalue weighted by atomic mass is 10.1. The van der Waals surface area contributed by atoms with E-state index in [1.807, 2.05) is 0 Å². The van der Waals surface area contributed by atoms with E-state index in [-0.39, 0.29) is 23.1 Å². The Morgan fingerprint density at radius 1 is 0.964 bits per heavy atom. The molecule has 7 nitrogen and oxygen atoms in total. The van der Waals surface area contributed by atoms with Crippen LogP contribution in [0, 0.1) is 0 Å². The van der Waals surface area contributed by atoms with E-state index in [0.717, 1.165) is 0 Å². The third kappa shape index (κ3) is 5.40. The van der Waals surface area contributed by atoms with E-state index in [0.29, 0.717) is 30.0 Å². The van der Waals surface area contributed by atoms with Gasteiger partial charge in [0.1, 0.15) is 0 Å². The number of nitrogens with one attached hydrogen (secondary N) is 2. The van der Waals surface area contributed by atoms with Gasteiger partial charge in [0, 0.05) is 30.0 Å². The zero-order chi connectivity index (χ0) is 20.7. The lowest BCUT2D eigenvalue weighted by Crippen LogP contribution is -2.30. The summed E-state index contributed by atoms with van der Waals surface area (Å²) in [6.45, 7) is 5.86. The fourth-order valence-corrected chi connectivity index (χ4v) is 4.12. The number of rotatable bonds is 9. The number of carbonyl (C=O) groups excluding carboxylic acids is 2. The molecule has 150 valence electrons. The maximum Gasteiger partial charge on any atom is 0.243 e. The molecule has 0 atom stereocenters. The van der Waals surface area contributed by atoms with Crippen molar-refractivity contribution < 1.29 is 18.0 Å². The summed E-state index contributed by atoms with van der Waals surface area (Å²) >= 11 is 0. The molecule has 0 radical (unpaired) electrons. The molecule has 0 saturated carbocycles. The molecule has 0 saturated heterocycles. The normalized spacial score (nSPS) is 11.3. The van der Waals surface area contributed by atoms with E-state index in [4.69, 9.17) is 0 Å². The lowest BCUT2D eigenvalue weighted by Gasteiger charge is -2.18. The third-order valence-corrected chi connectivity index (χ3v) is 6.27. The summed E-state index contributed by atoms with van der Waals surface area (Å²) in [4.78, 5) is 23.7. The van der Waals surface area contributed by atoms with Gasteiger partial charge in [-0.1, -0.05) is 26.0 Å². The second-order valence-electron chi connectivity index (χ2n) is 6.15. The number of amides is 1. The number of anilines is 2. The molecular weight excluding hydrogens is 378 g/mol. The van der Waals surface area contributed by atoms with Crippen molar-refractivity contribution in [1.29, 1.82) is 0 Å². The van der Waals surface area contributed by atoms with Gasteiger partial charge in [0.25, 0.3) is 0 Å². The quantitative estimate of drug-likeness (QED) is 0.628. The molecule has 0 unspecified atom stereocenters. The summed E-state index contributed by atoms with van der Waals surface area (Å²) in [5.41, 5.74) is 1.74. The number of hydrogen-bond donors (Lipinski definition) is 2. The molecule has 0 aromatic heterocycles. The molecule has 0 aliphatic carbocycles. The van der Waals surface area contributed by atoms with Crippen LogP contribution in [0.5, 0.6) is 0 Å². The molecule has 28 heavy (non-hydrogen) atoms. The molecule has 1 amide bonds. The van der Waals surface area contributed by atoms with Crippen LogP contribution < -0.4 is 10.6 Å². The average Bonchev–Trinajstić information content (AvgIpc) is 2.68. The van der Waals surface area contributed by atoms with Crippen LogP contribution in [0.1, 0.15) is 31.1 Å². The van der Waals surface area contributed by atoms with Crippen molar-refractivity contribution >= 4 is 33.1 Å². The van der Waals surface area contributed by atoms with Gasteiger partial charge in [-0.05, 0) is 43.3 Å². The van der Waals surface area contributed by atoms with E-state index >= 15 is 0 Å². The van der Waals surface area contributed by atoms with Gasteiger partial charge < -0.3 is 10.6 Å². The highest BCUT2D eigenvalue weighted by Gasteiger charge is 2.21. The monoisotopic (exact) mass is 403 g/mol. The third-order valence-electron chi connectivity index (χ3n) is 4.20. The van der Waals surface area contributed by atoms with E-state index in [1.165, 1.54) is 23.4 Å². The van der Waals surface area contributed by atoms with Crippen molar-refractivity contribution in [2.45, 2.75) is 25.7 Å². The molecule has 0 heterocycles. The van der Waals surface area contributed by atoms with E-state index in [2.05, 4.69) is 10.6 Å². The minimum Gasteiger partial charge on any atom is -0.376 e. The van der Waals surface area contributed by atoms with Crippen molar-refractivity contribution in [3.8, 4) is 0 Å². The average molecular weight is 404 g/mol. The summed E-state index contributed by atoms with van der Waals surface area (Å²) in [6, 6.07) is 13.0. The summed E-state index contributed by atoms with van der Waals surface area (Å²) < 4.78 is 26.3. The first kappa shape index (κ1) is 21.6. The summed E-state index contributed by atoms with van der Waals surface area (Å²) in [6.07, 6.45) is 0. The lowest BCUT2D eigenvalue weighted by molar-refractivity contribution is -0.114. The van der Waals surface area contributed by atoms with E-state index < -0.39 is 10.0 Å². The largest absolute Gasteiger partial charge is 0.376 e. The molecule has 2 rings (SSSR count). The van der Waals surface area contributed by atoms with Crippen LogP contribution in [0.4, 0.5) is 11.4 Å². The van der Waals surface area contributed by atoms with E-state index in [1.54, 1.807) is 50.2 Å².